The first kappa shape index (κ1) is 12.5. The van der Waals surface area contributed by atoms with Crippen LogP contribution in [0, 0.1) is 11.8 Å². The van der Waals surface area contributed by atoms with Crippen LogP contribution in [0.2, 0.25) is 0 Å². The van der Waals surface area contributed by atoms with Crippen LogP contribution in [-0.4, -0.2) is 41.7 Å². The van der Waals surface area contributed by atoms with Crippen molar-refractivity contribution in [2.24, 2.45) is 17.6 Å². The van der Waals surface area contributed by atoms with E-state index in [1.165, 1.54) is 6.42 Å². The number of likely N-dealkylation sites (tertiary alicyclic amines) is 1. The van der Waals surface area contributed by atoms with Gasteiger partial charge in [-0.25, -0.2) is 0 Å². The van der Waals surface area contributed by atoms with E-state index in [-0.39, 0.29) is 12.0 Å². The third-order valence-electron chi connectivity index (χ3n) is 3.24. The molecular weight excluding hydrogens is 192 g/mol. The second-order valence-corrected chi connectivity index (χ2v) is 4.76. The summed E-state index contributed by atoms with van der Waals surface area (Å²) in [4.78, 5) is 13.0. The molecule has 0 aromatic heterocycles. The van der Waals surface area contributed by atoms with Gasteiger partial charge in [0, 0.05) is 19.1 Å². The maximum absolute atomic E-state index is 10.7. The SMILES string of the molecule is CC(CN1CCCC(C(C)N)C1)C(=O)O. The van der Waals surface area contributed by atoms with Gasteiger partial charge in [-0.15, -0.1) is 0 Å². The largest absolute Gasteiger partial charge is 0.481 e. The Labute approximate surface area is 91.4 Å². The van der Waals surface area contributed by atoms with Crippen LogP contribution < -0.4 is 5.73 Å². The van der Waals surface area contributed by atoms with Gasteiger partial charge in [0.2, 0.25) is 0 Å². The maximum Gasteiger partial charge on any atom is 0.307 e. The molecule has 1 saturated heterocycles. The Morgan fingerprint density at radius 3 is 2.80 bits per heavy atom. The average Bonchev–Trinajstić information content (AvgIpc) is 2.18. The monoisotopic (exact) mass is 214 g/mol. The van der Waals surface area contributed by atoms with Gasteiger partial charge in [0.15, 0.2) is 0 Å². The fourth-order valence-electron chi connectivity index (χ4n) is 2.15. The third kappa shape index (κ3) is 3.80. The van der Waals surface area contributed by atoms with Crippen molar-refractivity contribution >= 4 is 5.97 Å². The zero-order valence-electron chi connectivity index (χ0n) is 9.65. The molecule has 3 atom stereocenters. The molecule has 0 aliphatic carbocycles. The number of carboxylic acid groups (broad SMARTS) is 1. The molecule has 88 valence electrons. The van der Waals surface area contributed by atoms with Gasteiger partial charge in [-0.2, -0.15) is 0 Å². The molecule has 0 aromatic rings. The van der Waals surface area contributed by atoms with Crippen molar-refractivity contribution in [3.05, 3.63) is 0 Å². The van der Waals surface area contributed by atoms with Crippen LogP contribution in [0.5, 0.6) is 0 Å². The van der Waals surface area contributed by atoms with Crippen molar-refractivity contribution in [2.45, 2.75) is 32.7 Å². The molecule has 0 aromatic carbocycles. The Balaban J connectivity index is 2.39. The Morgan fingerprint density at radius 2 is 2.27 bits per heavy atom. The van der Waals surface area contributed by atoms with Crippen molar-refractivity contribution in [3.8, 4) is 0 Å². The van der Waals surface area contributed by atoms with Crippen LogP contribution in [0.15, 0.2) is 0 Å². The summed E-state index contributed by atoms with van der Waals surface area (Å²) in [6.45, 7) is 6.42. The minimum atomic E-state index is -0.710. The fraction of sp³-hybridized carbons (Fsp3) is 0.909. The lowest BCUT2D eigenvalue weighted by Gasteiger charge is -2.35. The molecule has 0 radical (unpaired) electrons. The third-order valence-corrected chi connectivity index (χ3v) is 3.24. The molecule has 1 fully saturated rings. The molecule has 15 heavy (non-hydrogen) atoms. The lowest BCUT2D eigenvalue weighted by atomic mass is 9.91. The lowest BCUT2D eigenvalue weighted by Crippen LogP contribution is -2.44. The molecule has 0 bridgehead atoms. The van der Waals surface area contributed by atoms with E-state index in [2.05, 4.69) is 4.90 Å². The first-order chi connectivity index (χ1) is 7.00. The molecular formula is C11H22N2O2. The van der Waals surface area contributed by atoms with Crippen molar-refractivity contribution in [1.29, 1.82) is 0 Å². The van der Waals surface area contributed by atoms with E-state index >= 15 is 0 Å². The molecule has 3 unspecified atom stereocenters. The van der Waals surface area contributed by atoms with E-state index in [9.17, 15) is 4.79 Å². The van der Waals surface area contributed by atoms with Crippen LogP contribution in [-0.2, 0) is 4.79 Å². The van der Waals surface area contributed by atoms with Crippen molar-refractivity contribution < 1.29 is 9.90 Å². The van der Waals surface area contributed by atoms with E-state index < -0.39 is 5.97 Å². The van der Waals surface area contributed by atoms with Crippen molar-refractivity contribution in [2.75, 3.05) is 19.6 Å². The van der Waals surface area contributed by atoms with E-state index in [0.29, 0.717) is 12.5 Å². The summed E-state index contributed by atoms with van der Waals surface area (Å²) >= 11 is 0. The summed E-state index contributed by atoms with van der Waals surface area (Å²) < 4.78 is 0. The number of hydrogen-bond acceptors (Lipinski definition) is 3. The highest BCUT2D eigenvalue weighted by atomic mass is 16.4. The number of aliphatic carboxylic acids is 1. The first-order valence-corrected chi connectivity index (χ1v) is 5.71. The van der Waals surface area contributed by atoms with E-state index in [4.69, 9.17) is 10.8 Å². The van der Waals surface area contributed by atoms with Gasteiger partial charge in [0.1, 0.15) is 0 Å². The standard InChI is InChI=1S/C11H22N2O2/c1-8(11(14)15)6-13-5-3-4-10(7-13)9(2)12/h8-10H,3-7,12H2,1-2H3,(H,14,15). The molecule has 0 amide bonds. The summed E-state index contributed by atoms with van der Waals surface area (Å²) in [7, 11) is 0. The maximum atomic E-state index is 10.7. The van der Waals surface area contributed by atoms with Crippen LogP contribution >= 0.6 is 0 Å². The number of carboxylic acids is 1. The topological polar surface area (TPSA) is 66.6 Å². The van der Waals surface area contributed by atoms with E-state index in [1.54, 1.807) is 6.92 Å². The molecule has 4 nitrogen and oxygen atoms in total. The van der Waals surface area contributed by atoms with Gasteiger partial charge in [0.05, 0.1) is 5.92 Å². The van der Waals surface area contributed by atoms with Crippen molar-refractivity contribution in [3.63, 3.8) is 0 Å². The number of nitrogens with zero attached hydrogens (tertiary/aromatic N) is 1. The van der Waals surface area contributed by atoms with Gasteiger partial charge in [0.25, 0.3) is 0 Å². The van der Waals surface area contributed by atoms with E-state index in [1.807, 2.05) is 6.92 Å². The zero-order valence-corrected chi connectivity index (χ0v) is 9.65. The molecule has 3 N–H and O–H groups in total. The second kappa shape index (κ2) is 5.47. The highest BCUT2D eigenvalue weighted by Gasteiger charge is 2.24. The van der Waals surface area contributed by atoms with Gasteiger partial charge >= 0.3 is 5.97 Å². The predicted octanol–water partition coefficient (Wildman–Crippen LogP) is 0.766. The second-order valence-electron chi connectivity index (χ2n) is 4.76. The number of nitrogens with two attached hydrogens (primary N) is 1. The molecule has 1 aliphatic rings. The van der Waals surface area contributed by atoms with Gasteiger partial charge in [-0.05, 0) is 32.2 Å². The van der Waals surface area contributed by atoms with Crippen LogP contribution in [0.3, 0.4) is 0 Å². The summed E-state index contributed by atoms with van der Waals surface area (Å²) in [5, 5.41) is 8.84. The Hall–Kier alpha value is -0.610. The highest BCUT2D eigenvalue weighted by molar-refractivity contribution is 5.69. The molecule has 1 heterocycles. The number of carbonyl (C=O) groups is 1. The van der Waals surface area contributed by atoms with Crippen LogP contribution in [0.4, 0.5) is 0 Å². The first-order valence-electron chi connectivity index (χ1n) is 5.71. The van der Waals surface area contributed by atoms with Crippen LogP contribution in [0.1, 0.15) is 26.7 Å². The summed E-state index contributed by atoms with van der Waals surface area (Å²) in [5.41, 5.74) is 5.88. The average molecular weight is 214 g/mol. The lowest BCUT2D eigenvalue weighted by molar-refractivity contribution is -0.141. The van der Waals surface area contributed by atoms with Gasteiger partial charge in [-0.3, -0.25) is 4.79 Å². The minimum Gasteiger partial charge on any atom is -0.481 e. The Morgan fingerprint density at radius 1 is 1.60 bits per heavy atom. The smallest absolute Gasteiger partial charge is 0.307 e. The molecule has 0 spiro atoms. The van der Waals surface area contributed by atoms with E-state index in [0.717, 1.165) is 19.5 Å². The number of hydrogen-bond donors (Lipinski definition) is 2. The fourth-order valence-corrected chi connectivity index (χ4v) is 2.15. The van der Waals surface area contributed by atoms with Gasteiger partial charge < -0.3 is 15.7 Å². The number of piperidine rings is 1. The molecule has 0 saturated carbocycles. The molecule has 1 aliphatic heterocycles. The van der Waals surface area contributed by atoms with Crippen molar-refractivity contribution in [1.82, 2.24) is 4.90 Å². The molecule has 4 heteroatoms. The minimum absolute atomic E-state index is 0.216. The zero-order chi connectivity index (χ0) is 11.4. The summed E-state index contributed by atoms with van der Waals surface area (Å²) in [6.07, 6.45) is 2.31. The Kier molecular flexibility index (Phi) is 4.54. The number of rotatable bonds is 4. The quantitative estimate of drug-likeness (QED) is 0.725. The summed E-state index contributed by atoms with van der Waals surface area (Å²) in [5.74, 6) is -0.463. The highest BCUT2D eigenvalue weighted by Crippen LogP contribution is 2.19. The predicted molar refractivity (Wildman–Crippen MR) is 59.6 cm³/mol. The van der Waals surface area contributed by atoms with Crippen LogP contribution in [0.25, 0.3) is 0 Å². The Bertz CT molecular complexity index is 219. The molecule has 1 rings (SSSR count). The normalized spacial score (nSPS) is 27.3. The van der Waals surface area contributed by atoms with Gasteiger partial charge in [-0.1, -0.05) is 6.92 Å². The summed E-state index contributed by atoms with van der Waals surface area (Å²) in [6, 6.07) is 0.216.